The smallest absolute Gasteiger partial charge is 0.335 e. The van der Waals surface area contributed by atoms with Crippen LogP contribution in [-0.4, -0.2) is 41.4 Å². The number of nitrogens with two attached hydrogens (primary N) is 1. The van der Waals surface area contributed by atoms with Crippen molar-refractivity contribution in [3.63, 3.8) is 0 Å². The minimum absolute atomic E-state index is 0.262. The molecule has 1 heterocycles. The number of imidazole rings is 1. The monoisotopic (exact) mass is 355 g/mol. The van der Waals surface area contributed by atoms with Crippen LogP contribution in [0.3, 0.4) is 0 Å². The van der Waals surface area contributed by atoms with E-state index in [1.54, 1.807) is 26.4 Å². The Hall–Kier alpha value is -3.06. The van der Waals surface area contributed by atoms with Gasteiger partial charge < -0.3 is 24.9 Å². The summed E-state index contributed by atoms with van der Waals surface area (Å²) in [5, 5.41) is 9.04. The number of nitrogens with zero attached hydrogens (tertiary/aromatic N) is 2. The predicted molar refractivity (Wildman–Crippen MR) is 98.1 cm³/mol. The summed E-state index contributed by atoms with van der Waals surface area (Å²) in [6.45, 7) is 1.04. The normalized spacial score (nSPS) is 10.9. The number of hydrogen-bond donors (Lipinski definition) is 2. The van der Waals surface area contributed by atoms with Gasteiger partial charge in [-0.3, -0.25) is 0 Å². The predicted octanol–water partition coefficient (Wildman–Crippen LogP) is 2.30. The fourth-order valence-electron chi connectivity index (χ4n) is 2.93. The van der Waals surface area contributed by atoms with E-state index in [4.69, 9.17) is 20.3 Å². The summed E-state index contributed by atoms with van der Waals surface area (Å²) in [4.78, 5) is 15.7. The first-order valence-corrected chi connectivity index (χ1v) is 8.20. The second-order valence-electron chi connectivity index (χ2n) is 5.85. The Morgan fingerprint density at radius 3 is 2.38 bits per heavy atom. The van der Waals surface area contributed by atoms with Crippen LogP contribution in [0.4, 0.5) is 0 Å². The fraction of sp³-hybridized carbons (Fsp3) is 0.263. The molecule has 7 nitrogen and oxygen atoms in total. The summed E-state index contributed by atoms with van der Waals surface area (Å²) < 4.78 is 12.8. The van der Waals surface area contributed by atoms with Gasteiger partial charge in [0, 0.05) is 25.1 Å². The third-order valence-electron chi connectivity index (χ3n) is 4.24. The summed E-state index contributed by atoms with van der Waals surface area (Å²) in [7, 11) is 3.18. The van der Waals surface area contributed by atoms with E-state index >= 15 is 0 Å². The van der Waals surface area contributed by atoms with Crippen LogP contribution in [0.5, 0.6) is 11.5 Å². The molecule has 0 radical (unpaired) electrons. The highest BCUT2D eigenvalue weighted by Gasteiger charge is 2.15. The molecular formula is C19H21N3O4. The summed E-state index contributed by atoms with van der Waals surface area (Å²) in [5.74, 6) is 1.17. The van der Waals surface area contributed by atoms with E-state index < -0.39 is 5.97 Å². The average Bonchev–Trinajstić information content (AvgIpc) is 2.97. The molecule has 0 aliphatic rings. The quantitative estimate of drug-likeness (QED) is 0.675. The maximum Gasteiger partial charge on any atom is 0.335 e. The van der Waals surface area contributed by atoms with Crippen molar-refractivity contribution in [1.29, 1.82) is 0 Å². The van der Waals surface area contributed by atoms with Crippen molar-refractivity contribution in [2.75, 3.05) is 20.8 Å². The largest absolute Gasteiger partial charge is 0.493 e. The number of carbonyl (C=O) groups is 1. The lowest BCUT2D eigenvalue weighted by Gasteiger charge is -2.11. The van der Waals surface area contributed by atoms with Gasteiger partial charge >= 0.3 is 5.97 Å². The molecule has 0 spiro atoms. The van der Waals surface area contributed by atoms with E-state index in [-0.39, 0.29) is 5.56 Å². The van der Waals surface area contributed by atoms with Gasteiger partial charge in [-0.2, -0.15) is 0 Å². The number of carboxylic acid groups (broad SMARTS) is 1. The second kappa shape index (κ2) is 7.45. The van der Waals surface area contributed by atoms with Gasteiger partial charge in [-0.05, 0) is 24.2 Å². The lowest BCUT2D eigenvalue weighted by Crippen LogP contribution is -2.11. The molecule has 0 amide bonds. The topological polar surface area (TPSA) is 99.6 Å². The minimum Gasteiger partial charge on any atom is -0.493 e. The van der Waals surface area contributed by atoms with Gasteiger partial charge in [0.25, 0.3) is 0 Å². The van der Waals surface area contributed by atoms with Crippen molar-refractivity contribution in [3.05, 3.63) is 53.3 Å². The van der Waals surface area contributed by atoms with Crippen molar-refractivity contribution in [2.45, 2.75) is 13.0 Å². The molecule has 0 atom stereocenters. The van der Waals surface area contributed by atoms with Gasteiger partial charge in [0.15, 0.2) is 11.5 Å². The molecule has 0 fully saturated rings. The number of aromatic carboxylic acids is 1. The highest BCUT2D eigenvalue weighted by Crippen LogP contribution is 2.32. The molecule has 0 saturated carbocycles. The van der Waals surface area contributed by atoms with Crippen molar-refractivity contribution in [1.82, 2.24) is 9.55 Å². The molecule has 0 saturated heterocycles. The Kier molecular flexibility index (Phi) is 5.09. The van der Waals surface area contributed by atoms with Crippen LogP contribution < -0.4 is 15.2 Å². The molecule has 3 aromatic rings. The van der Waals surface area contributed by atoms with Gasteiger partial charge in [0.2, 0.25) is 0 Å². The zero-order chi connectivity index (χ0) is 18.7. The number of fused-ring (bicyclic) bond motifs is 1. The zero-order valence-electron chi connectivity index (χ0n) is 14.7. The fourth-order valence-corrected chi connectivity index (χ4v) is 2.93. The molecule has 0 aliphatic heterocycles. The number of carboxylic acids is 1. The maximum absolute atomic E-state index is 11.0. The van der Waals surface area contributed by atoms with Crippen LogP contribution >= 0.6 is 0 Å². The van der Waals surface area contributed by atoms with E-state index in [1.807, 2.05) is 24.3 Å². The van der Waals surface area contributed by atoms with Gasteiger partial charge in [-0.1, -0.05) is 12.1 Å². The summed E-state index contributed by atoms with van der Waals surface area (Å²) >= 11 is 0. The van der Waals surface area contributed by atoms with E-state index in [1.165, 1.54) is 0 Å². The van der Waals surface area contributed by atoms with Gasteiger partial charge in [0.1, 0.15) is 5.82 Å². The van der Waals surface area contributed by atoms with Crippen LogP contribution in [0.2, 0.25) is 0 Å². The van der Waals surface area contributed by atoms with Crippen LogP contribution in [0.25, 0.3) is 11.0 Å². The molecule has 26 heavy (non-hydrogen) atoms. The lowest BCUT2D eigenvalue weighted by atomic mass is 10.1. The third kappa shape index (κ3) is 3.34. The zero-order valence-corrected chi connectivity index (χ0v) is 14.7. The lowest BCUT2D eigenvalue weighted by molar-refractivity contribution is 0.0697. The molecule has 0 bridgehead atoms. The Morgan fingerprint density at radius 1 is 1.15 bits per heavy atom. The Balaban J connectivity index is 2.06. The molecule has 0 aliphatic carbocycles. The van der Waals surface area contributed by atoms with Crippen molar-refractivity contribution in [3.8, 4) is 11.5 Å². The first-order valence-electron chi connectivity index (χ1n) is 8.20. The van der Waals surface area contributed by atoms with Crippen LogP contribution in [0.15, 0.2) is 36.4 Å². The van der Waals surface area contributed by atoms with Gasteiger partial charge in [0.05, 0.1) is 30.8 Å². The van der Waals surface area contributed by atoms with E-state index in [0.717, 1.165) is 22.4 Å². The van der Waals surface area contributed by atoms with E-state index in [2.05, 4.69) is 9.55 Å². The molecule has 7 heteroatoms. The molecule has 1 aromatic heterocycles. The van der Waals surface area contributed by atoms with Gasteiger partial charge in [-0.25, -0.2) is 9.78 Å². The molecule has 3 rings (SSSR count). The third-order valence-corrected chi connectivity index (χ3v) is 4.24. The van der Waals surface area contributed by atoms with Crippen LogP contribution in [0.1, 0.15) is 21.7 Å². The molecule has 0 unspecified atom stereocenters. The highest BCUT2D eigenvalue weighted by molar-refractivity contribution is 5.87. The highest BCUT2D eigenvalue weighted by atomic mass is 16.5. The van der Waals surface area contributed by atoms with Crippen molar-refractivity contribution in [2.24, 2.45) is 5.73 Å². The van der Waals surface area contributed by atoms with Crippen molar-refractivity contribution < 1.29 is 19.4 Å². The molecular weight excluding hydrogens is 334 g/mol. The van der Waals surface area contributed by atoms with Crippen molar-refractivity contribution >= 4 is 17.0 Å². The first-order chi connectivity index (χ1) is 12.6. The van der Waals surface area contributed by atoms with Crippen LogP contribution in [0, 0.1) is 0 Å². The Bertz CT molecular complexity index is 932. The summed E-state index contributed by atoms with van der Waals surface area (Å²) in [6, 6.07) is 10.6. The average molecular weight is 355 g/mol. The van der Waals surface area contributed by atoms with Crippen LogP contribution in [-0.2, 0) is 13.0 Å². The number of ether oxygens (including phenoxy) is 2. The standard InChI is InChI=1S/C19H21N3O4/c1-25-16-9-14-15(10-17(16)26-2)22(18(21-14)7-8-20)11-12-3-5-13(6-4-12)19(23)24/h3-6,9-10H,7-8,11,20H2,1-2H3,(H,23,24). The number of aromatic nitrogens is 2. The Labute approximate surface area is 151 Å². The molecule has 2 aromatic carbocycles. The minimum atomic E-state index is -0.940. The number of benzene rings is 2. The number of hydrogen-bond acceptors (Lipinski definition) is 5. The summed E-state index contributed by atoms with van der Waals surface area (Å²) in [6.07, 6.45) is 0.631. The molecule has 3 N–H and O–H groups in total. The van der Waals surface area contributed by atoms with Gasteiger partial charge in [-0.15, -0.1) is 0 Å². The molecule has 136 valence electrons. The van der Waals surface area contributed by atoms with E-state index in [9.17, 15) is 4.79 Å². The number of rotatable bonds is 7. The van der Waals surface area contributed by atoms with E-state index in [0.29, 0.717) is 31.0 Å². The SMILES string of the molecule is COc1cc2nc(CCN)n(Cc3ccc(C(=O)O)cc3)c2cc1OC. The summed E-state index contributed by atoms with van der Waals surface area (Å²) in [5.41, 5.74) is 8.69. The second-order valence-corrected chi connectivity index (χ2v) is 5.85. The Morgan fingerprint density at radius 2 is 1.81 bits per heavy atom. The number of methoxy groups -OCH3 is 2. The first kappa shape index (κ1) is 17.8. The maximum atomic E-state index is 11.0.